The van der Waals surface area contributed by atoms with Crippen LogP contribution in [0.15, 0.2) is 6.07 Å². The zero-order valence-corrected chi connectivity index (χ0v) is 9.35. The second-order valence-corrected chi connectivity index (χ2v) is 4.76. The molecule has 1 atom stereocenters. The maximum Gasteiger partial charge on any atom is 0.136 e. The SMILES string of the molecule is Nc1cc(C2CC2)nc(C2CCCOC2)n1. The Balaban J connectivity index is 1.86. The van der Waals surface area contributed by atoms with E-state index in [4.69, 9.17) is 10.5 Å². The summed E-state index contributed by atoms with van der Waals surface area (Å²) in [6, 6.07) is 1.92. The number of anilines is 1. The minimum atomic E-state index is 0.342. The summed E-state index contributed by atoms with van der Waals surface area (Å²) >= 11 is 0. The van der Waals surface area contributed by atoms with Gasteiger partial charge < -0.3 is 10.5 Å². The average Bonchev–Trinajstić information content (AvgIpc) is 3.13. The smallest absolute Gasteiger partial charge is 0.136 e. The van der Waals surface area contributed by atoms with Crippen molar-refractivity contribution in [3.05, 3.63) is 17.6 Å². The summed E-state index contributed by atoms with van der Waals surface area (Å²) in [5.41, 5.74) is 6.97. The van der Waals surface area contributed by atoms with Crippen molar-refractivity contribution in [3.8, 4) is 0 Å². The van der Waals surface area contributed by atoms with Crippen LogP contribution in [-0.2, 0) is 4.74 Å². The first kappa shape index (κ1) is 10.0. The molecule has 4 nitrogen and oxygen atoms in total. The molecule has 1 saturated carbocycles. The summed E-state index contributed by atoms with van der Waals surface area (Å²) in [7, 11) is 0. The second-order valence-electron chi connectivity index (χ2n) is 4.76. The van der Waals surface area contributed by atoms with Gasteiger partial charge in [-0.05, 0) is 25.7 Å². The quantitative estimate of drug-likeness (QED) is 0.824. The topological polar surface area (TPSA) is 61.0 Å². The van der Waals surface area contributed by atoms with Gasteiger partial charge in [0.15, 0.2) is 0 Å². The molecule has 16 heavy (non-hydrogen) atoms. The Hall–Kier alpha value is -1.16. The Labute approximate surface area is 95.2 Å². The number of aromatic nitrogens is 2. The van der Waals surface area contributed by atoms with Crippen LogP contribution in [0.25, 0.3) is 0 Å². The molecule has 86 valence electrons. The van der Waals surface area contributed by atoms with Gasteiger partial charge in [0.25, 0.3) is 0 Å². The van der Waals surface area contributed by atoms with Crippen LogP contribution in [0.3, 0.4) is 0 Å². The van der Waals surface area contributed by atoms with E-state index in [0.29, 0.717) is 17.7 Å². The second kappa shape index (κ2) is 4.01. The highest BCUT2D eigenvalue weighted by atomic mass is 16.5. The lowest BCUT2D eigenvalue weighted by Crippen LogP contribution is -2.18. The first-order valence-electron chi connectivity index (χ1n) is 6.05. The summed E-state index contributed by atoms with van der Waals surface area (Å²) in [6.45, 7) is 1.61. The number of nitrogen functional groups attached to an aromatic ring is 1. The Morgan fingerprint density at radius 1 is 1.19 bits per heavy atom. The zero-order valence-electron chi connectivity index (χ0n) is 9.35. The number of nitrogens with two attached hydrogens (primary N) is 1. The normalized spacial score (nSPS) is 25.6. The van der Waals surface area contributed by atoms with E-state index < -0.39 is 0 Å². The standard InChI is InChI=1S/C12H17N3O/c13-11-6-10(8-3-4-8)14-12(15-11)9-2-1-5-16-7-9/h6,8-9H,1-5,7H2,(H2,13,14,15). The van der Waals surface area contributed by atoms with Gasteiger partial charge in [0.05, 0.1) is 6.61 Å². The van der Waals surface area contributed by atoms with E-state index >= 15 is 0 Å². The van der Waals surface area contributed by atoms with Crippen LogP contribution in [0.2, 0.25) is 0 Å². The maximum atomic E-state index is 5.84. The van der Waals surface area contributed by atoms with Crippen LogP contribution in [-0.4, -0.2) is 23.2 Å². The molecule has 1 aromatic rings. The largest absolute Gasteiger partial charge is 0.384 e. The Kier molecular flexibility index (Phi) is 2.52. The van der Waals surface area contributed by atoms with E-state index in [2.05, 4.69) is 9.97 Å². The van der Waals surface area contributed by atoms with Crippen molar-refractivity contribution in [2.45, 2.75) is 37.5 Å². The fourth-order valence-electron chi connectivity index (χ4n) is 2.22. The first-order chi connectivity index (χ1) is 7.83. The van der Waals surface area contributed by atoms with Gasteiger partial charge in [-0.3, -0.25) is 0 Å². The van der Waals surface area contributed by atoms with Crippen molar-refractivity contribution in [2.75, 3.05) is 18.9 Å². The number of hydrogen-bond donors (Lipinski definition) is 1. The van der Waals surface area contributed by atoms with Crippen LogP contribution in [0.4, 0.5) is 5.82 Å². The highest BCUT2D eigenvalue weighted by Crippen LogP contribution is 2.39. The summed E-state index contributed by atoms with van der Waals surface area (Å²) in [4.78, 5) is 9.00. The maximum absolute atomic E-state index is 5.84. The third-order valence-electron chi connectivity index (χ3n) is 3.30. The molecule has 0 amide bonds. The molecule has 0 radical (unpaired) electrons. The minimum absolute atomic E-state index is 0.342. The molecule has 0 spiro atoms. The molecule has 1 aromatic heterocycles. The van der Waals surface area contributed by atoms with Crippen molar-refractivity contribution in [2.24, 2.45) is 0 Å². The monoisotopic (exact) mass is 219 g/mol. The van der Waals surface area contributed by atoms with Gasteiger partial charge >= 0.3 is 0 Å². The Morgan fingerprint density at radius 2 is 2.06 bits per heavy atom. The Bertz CT molecular complexity index is 384. The van der Waals surface area contributed by atoms with Gasteiger partial charge in [0.1, 0.15) is 11.6 Å². The lowest BCUT2D eigenvalue weighted by atomic mass is 10.0. The molecule has 2 fully saturated rings. The first-order valence-corrected chi connectivity index (χ1v) is 6.05. The van der Waals surface area contributed by atoms with Crippen molar-refractivity contribution in [1.29, 1.82) is 0 Å². The Morgan fingerprint density at radius 3 is 2.75 bits per heavy atom. The van der Waals surface area contributed by atoms with E-state index in [-0.39, 0.29) is 0 Å². The van der Waals surface area contributed by atoms with Crippen LogP contribution >= 0.6 is 0 Å². The number of rotatable bonds is 2. The molecule has 1 aliphatic carbocycles. The van der Waals surface area contributed by atoms with E-state index in [0.717, 1.165) is 37.6 Å². The lowest BCUT2D eigenvalue weighted by Gasteiger charge is -2.21. The van der Waals surface area contributed by atoms with Crippen LogP contribution in [0, 0.1) is 0 Å². The highest BCUT2D eigenvalue weighted by molar-refractivity contribution is 5.33. The molecule has 2 aliphatic rings. The molecule has 0 aromatic carbocycles. The molecule has 1 unspecified atom stereocenters. The van der Waals surface area contributed by atoms with Gasteiger partial charge in [-0.2, -0.15) is 0 Å². The molecule has 2 N–H and O–H groups in total. The fourth-order valence-corrected chi connectivity index (χ4v) is 2.22. The van der Waals surface area contributed by atoms with Crippen LogP contribution in [0.5, 0.6) is 0 Å². The van der Waals surface area contributed by atoms with Crippen LogP contribution in [0.1, 0.15) is 49.0 Å². The van der Waals surface area contributed by atoms with Gasteiger partial charge in [-0.25, -0.2) is 9.97 Å². The van der Waals surface area contributed by atoms with Crippen LogP contribution < -0.4 is 5.73 Å². The zero-order chi connectivity index (χ0) is 11.0. The van der Waals surface area contributed by atoms with E-state index in [1.54, 1.807) is 0 Å². The number of nitrogens with zero attached hydrogens (tertiary/aromatic N) is 2. The van der Waals surface area contributed by atoms with Gasteiger partial charge in [-0.1, -0.05) is 0 Å². The average molecular weight is 219 g/mol. The lowest BCUT2D eigenvalue weighted by molar-refractivity contribution is 0.0780. The highest BCUT2D eigenvalue weighted by Gasteiger charge is 2.27. The molecule has 4 heteroatoms. The van der Waals surface area contributed by atoms with Gasteiger partial charge in [0, 0.05) is 30.2 Å². The molecular formula is C12H17N3O. The van der Waals surface area contributed by atoms with Gasteiger partial charge in [-0.15, -0.1) is 0 Å². The van der Waals surface area contributed by atoms with E-state index in [1.807, 2.05) is 6.07 Å². The van der Waals surface area contributed by atoms with Crippen molar-refractivity contribution in [1.82, 2.24) is 9.97 Å². The molecule has 1 saturated heterocycles. The molecular weight excluding hydrogens is 202 g/mol. The summed E-state index contributed by atoms with van der Waals surface area (Å²) < 4.78 is 5.47. The molecule has 2 heterocycles. The molecule has 0 bridgehead atoms. The minimum Gasteiger partial charge on any atom is -0.384 e. The van der Waals surface area contributed by atoms with Crippen molar-refractivity contribution < 1.29 is 4.74 Å². The number of ether oxygens (including phenoxy) is 1. The summed E-state index contributed by atoms with van der Waals surface area (Å²) in [6.07, 6.45) is 4.71. The molecule has 1 aliphatic heterocycles. The fraction of sp³-hybridized carbons (Fsp3) is 0.667. The third kappa shape index (κ3) is 2.02. The molecule has 3 rings (SSSR count). The number of hydrogen-bond acceptors (Lipinski definition) is 4. The predicted molar refractivity (Wildman–Crippen MR) is 61.2 cm³/mol. The summed E-state index contributed by atoms with van der Waals surface area (Å²) in [5.74, 6) is 2.47. The summed E-state index contributed by atoms with van der Waals surface area (Å²) in [5, 5.41) is 0. The van der Waals surface area contributed by atoms with Crippen molar-refractivity contribution in [3.63, 3.8) is 0 Å². The predicted octanol–water partition coefficient (Wildman–Crippen LogP) is 1.83. The van der Waals surface area contributed by atoms with Crippen molar-refractivity contribution >= 4 is 5.82 Å². The van der Waals surface area contributed by atoms with E-state index in [9.17, 15) is 0 Å². The third-order valence-corrected chi connectivity index (χ3v) is 3.30. The van der Waals surface area contributed by atoms with E-state index in [1.165, 1.54) is 12.8 Å². The van der Waals surface area contributed by atoms with Gasteiger partial charge in [0.2, 0.25) is 0 Å².